The van der Waals surface area contributed by atoms with E-state index in [4.69, 9.17) is 23.2 Å². The van der Waals surface area contributed by atoms with Crippen molar-refractivity contribution in [2.45, 2.75) is 44.6 Å². The standard InChI is InChI=1S/C21H20Cl2FN3O3/c1-21(2,16-9-12(24)5-6-25-16)20(30)26-10-11-7-14(22)18(15(23)8-11)13-3-4-17(28)27-19(13)29/h5-9,13H,3-4,10H2,1-2H3,(H,26,30)(H,27,28,29). The van der Waals surface area contributed by atoms with Gasteiger partial charge in [-0.3, -0.25) is 24.7 Å². The van der Waals surface area contributed by atoms with E-state index in [-0.39, 0.29) is 34.8 Å². The fourth-order valence-corrected chi connectivity index (χ4v) is 4.10. The number of piperidine rings is 1. The number of aromatic nitrogens is 1. The highest BCUT2D eigenvalue weighted by Crippen LogP contribution is 2.37. The van der Waals surface area contributed by atoms with Crippen LogP contribution in [0.4, 0.5) is 4.39 Å². The minimum absolute atomic E-state index is 0.132. The molecule has 30 heavy (non-hydrogen) atoms. The van der Waals surface area contributed by atoms with E-state index in [0.717, 1.165) is 0 Å². The number of pyridine rings is 1. The number of carbonyl (C=O) groups is 3. The highest BCUT2D eigenvalue weighted by atomic mass is 35.5. The molecule has 2 N–H and O–H groups in total. The second-order valence-corrected chi connectivity index (χ2v) is 8.46. The number of hydrogen-bond donors (Lipinski definition) is 2. The normalized spacial score (nSPS) is 16.9. The molecule has 9 heteroatoms. The monoisotopic (exact) mass is 451 g/mol. The lowest BCUT2D eigenvalue weighted by molar-refractivity contribution is -0.134. The van der Waals surface area contributed by atoms with Crippen molar-refractivity contribution in [3.63, 3.8) is 0 Å². The molecule has 0 aliphatic carbocycles. The quantitative estimate of drug-likeness (QED) is 0.679. The fraction of sp³-hybridized carbons (Fsp3) is 0.333. The first-order chi connectivity index (χ1) is 14.1. The molecule has 1 fully saturated rings. The van der Waals surface area contributed by atoms with E-state index in [1.165, 1.54) is 18.3 Å². The van der Waals surface area contributed by atoms with Gasteiger partial charge >= 0.3 is 0 Å². The Morgan fingerprint density at radius 2 is 1.93 bits per heavy atom. The van der Waals surface area contributed by atoms with Gasteiger partial charge in [0.15, 0.2) is 0 Å². The first kappa shape index (κ1) is 22.2. The van der Waals surface area contributed by atoms with Gasteiger partial charge in [0, 0.05) is 34.8 Å². The van der Waals surface area contributed by atoms with Crippen LogP contribution in [0.1, 0.15) is 49.4 Å². The van der Waals surface area contributed by atoms with Crippen LogP contribution in [0.5, 0.6) is 0 Å². The van der Waals surface area contributed by atoms with Gasteiger partial charge < -0.3 is 5.32 Å². The van der Waals surface area contributed by atoms with Crippen molar-refractivity contribution in [2.75, 3.05) is 0 Å². The zero-order chi connectivity index (χ0) is 22.1. The van der Waals surface area contributed by atoms with Crippen molar-refractivity contribution >= 4 is 40.9 Å². The summed E-state index contributed by atoms with van der Waals surface area (Å²) in [5.74, 6) is -2.17. The number of benzene rings is 1. The number of nitrogens with zero attached hydrogens (tertiary/aromatic N) is 1. The molecule has 2 heterocycles. The van der Waals surface area contributed by atoms with Gasteiger partial charge in [0.05, 0.1) is 17.0 Å². The van der Waals surface area contributed by atoms with Crippen molar-refractivity contribution in [1.29, 1.82) is 0 Å². The Labute approximate surface area is 183 Å². The molecule has 0 bridgehead atoms. The summed E-state index contributed by atoms with van der Waals surface area (Å²) in [5.41, 5.74) is 0.354. The third-order valence-corrected chi connectivity index (χ3v) is 5.73. The summed E-state index contributed by atoms with van der Waals surface area (Å²) in [4.78, 5) is 40.3. The molecule has 1 aliphatic heterocycles. The van der Waals surface area contributed by atoms with Crippen LogP contribution in [0.25, 0.3) is 0 Å². The second kappa shape index (κ2) is 8.70. The molecule has 1 saturated heterocycles. The SMILES string of the molecule is CC(C)(C(=O)NCc1cc(Cl)c(C2CCC(=O)NC2=O)c(Cl)c1)c1cc(F)ccn1. The molecule has 0 spiro atoms. The molecule has 6 nitrogen and oxygen atoms in total. The van der Waals surface area contributed by atoms with Gasteiger partial charge in [-0.15, -0.1) is 0 Å². The zero-order valence-electron chi connectivity index (χ0n) is 16.4. The maximum atomic E-state index is 13.5. The van der Waals surface area contributed by atoms with Crippen molar-refractivity contribution < 1.29 is 18.8 Å². The van der Waals surface area contributed by atoms with Crippen LogP contribution in [0.2, 0.25) is 10.0 Å². The van der Waals surface area contributed by atoms with Gasteiger partial charge in [0.25, 0.3) is 0 Å². The highest BCUT2D eigenvalue weighted by Gasteiger charge is 2.33. The lowest BCUT2D eigenvalue weighted by atomic mass is 9.87. The van der Waals surface area contributed by atoms with Gasteiger partial charge in [-0.25, -0.2) is 4.39 Å². The summed E-state index contributed by atoms with van der Waals surface area (Å²) < 4.78 is 13.5. The van der Waals surface area contributed by atoms with E-state index in [0.29, 0.717) is 23.2 Å². The third kappa shape index (κ3) is 4.63. The van der Waals surface area contributed by atoms with Gasteiger partial charge in [-0.05, 0) is 50.1 Å². The first-order valence-corrected chi connectivity index (χ1v) is 10.1. The van der Waals surface area contributed by atoms with Crippen molar-refractivity contribution in [3.8, 4) is 0 Å². The van der Waals surface area contributed by atoms with Gasteiger partial charge in [-0.2, -0.15) is 0 Å². The Morgan fingerprint density at radius 3 is 2.53 bits per heavy atom. The van der Waals surface area contributed by atoms with Crippen LogP contribution in [-0.2, 0) is 26.3 Å². The molecule has 0 radical (unpaired) electrons. The topological polar surface area (TPSA) is 88.2 Å². The van der Waals surface area contributed by atoms with Crippen LogP contribution in [-0.4, -0.2) is 22.7 Å². The predicted octanol–water partition coefficient (Wildman–Crippen LogP) is 3.64. The molecule has 1 aromatic heterocycles. The second-order valence-electron chi connectivity index (χ2n) is 7.64. The lowest BCUT2D eigenvalue weighted by Gasteiger charge is -2.24. The minimum atomic E-state index is -1.05. The maximum absolute atomic E-state index is 13.5. The summed E-state index contributed by atoms with van der Waals surface area (Å²) in [5, 5.41) is 5.64. The molecular weight excluding hydrogens is 432 g/mol. The summed E-state index contributed by atoms with van der Waals surface area (Å²) in [6, 6.07) is 5.69. The summed E-state index contributed by atoms with van der Waals surface area (Å²) in [6.45, 7) is 3.43. The first-order valence-electron chi connectivity index (χ1n) is 9.31. The number of hydrogen-bond acceptors (Lipinski definition) is 4. The van der Waals surface area contributed by atoms with Crippen LogP contribution in [0, 0.1) is 5.82 Å². The van der Waals surface area contributed by atoms with Crippen LogP contribution in [0.3, 0.4) is 0 Å². The minimum Gasteiger partial charge on any atom is -0.351 e. The fourth-order valence-electron chi connectivity index (χ4n) is 3.31. The zero-order valence-corrected chi connectivity index (χ0v) is 17.9. The molecular formula is C21H20Cl2FN3O3. The smallest absolute Gasteiger partial charge is 0.234 e. The molecule has 2 aromatic rings. The predicted molar refractivity (Wildman–Crippen MR) is 111 cm³/mol. The molecule has 1 aromatic carbocycles. The Morgan fingerprint density at radius 1 is 1.27 bits per heavy atom. The van der Waals surface area contributed by atoms with Crippen LogP contribution < -0.4 is 10.6 Å². The lowest BCUT2D eigenvalue weighted by Crippen LogP contribution is -2.40. The van der Waals surface area contributed by atoms with Crippen LogP contribution in [0.15, 0.2) is 30.5 Å². The highest BCUT2D eigenvalue weighted by molar-refractivity contribution is 6.36. The summed E-state index contributed by atoms with van der Waals surface area (Å²) >= 11 is 12.7. The Bertz CT molecular complexity index is 1000. The van der Waals surface area contributed by atoms with E-state index in [1.807, 2.05) is 0 Å². The Hall–Kier alpha value is -2.51. The molecule has 1 atom stereocenters. The molecule has 1 unspecified atom stereocenters. The van der Waals surface area contributed by atoms with Gasteiger partial charge in [-0.1, -0.05) is 23.2 Å². The van der Waals surface area contributed by atoms with E-state index in [2.05, 4.69) is 15.6 Å². The molecule has 3 amide bonds. The number of rotatable bonds is 5. The van der Waals surface area contributed by atoms with Crippen molar-refractivity contribution in [3.05, 3.63) is 63.1 Å². The van der Waals surface area contributed by atoms with Crippen molar-refractivity contribution in [2.24, 2.45) is 0 Å². The Balaban J connectivity index is 1.74. The number of carbonyl (C=O) groups excluding carboxylic acids is 3. The number of imide groups is 1. The maximum Gasteiger partial charge on any atom is 0.234 e. The number of nitrogens with one attached hydrogen (secondary N) is 2. The Kier molecular flexibility index (Phi) is 6.43. The van der Waals surface area contributed by atoms with E-state index in [9.17, 15) is 18.8 Å². The van der Waals surface area contributed by atoms with Gasteiger partial charge in [0.1, 0.15) is 5.82 Å². The molecule has 158 valence electrons. The molecule has 1 aliphatic rings. The summed E-state index contributed by atoms with van der Waals surface area (Å²) in [7, 11) is 0. The molecule has 3 rings (SSSR count). The summed E-state index contributed by atoms with van der Waals surface area (Å²) in [6.07, 6.45) is 1.85. The number of halogens is 3. The van der Waals surface area contributed by atoms with Crippen molar-refractivity contribution in [1.82, 2.24) is 15.6 Å². The third-order valence-electron chi connectivity index (χ3n) is 5.11. The van der Waals surface area contributed by atoms with E-state index in [1.54, 1.807) is 26.0 Å². The van der Waals surface area contributed by atoms with Crippen LogP contribution >= 0.6 is 23.2 Å². The largest absolute Gasteiger partial charge is 0.351 e. The number of amides is 3. The van der Waals surface area contributed by atoms with Gasteiger partial charge in [0.2, 0.25) is 17.7 Å². The average molecular weight is 452 g/mol. The van der Waals surface area contributed by atoms with E-state index < -0.39 is 23.1 Å². The average Bonchev–Trinajstić information content (AvgIpc) is 2.67. The molecule has 0 saturated carbocycles. The van der Waals surface area contributed by atoms with E-state index >= 15 is 0 Å².